The Kier molecular flexibility index (Phi) is 2.62. The van der Waals surface area contributed by atoms with E-state index in [4.69, 9.17) is 0 Å². The molecule has 5 rings (SSSR count). The summed E-state index contributed by atoms with van der Waals surface area (Å²) < 4.78 is 2.22. The number of nitrogens with zero attached hydrogens (tertiary/aromatic N) is 1. The van der Waals surface area contributed by atoms with Gasteiger partial charge in [0.05, 0.1) is 5.52 Å². The van der Waals surface area contributed by atoms with Crippen molar-refractivity contribution in [2.24, 2.45) is 7.05 Å². The zero-order valence-electron chi connectivity index (χ0n) is 14.2. The molecule has 0 N–H and O–H groups in total. The predicted octanol–water partition coefficient (Wildman–Crippen LogP) is 6.25. The van der Waals surface area contributed by atoms with Crippen LogP contribution in [0.25, 0.3) is 43.2 Å². The van der Waals surface area contributed by atoms with E-state index in [0.29, 0.717) is 0 Å². The first-order valence-corrected chi connectivity index (χ1v) is 8.43. The molecule has 116 valence electrons. The van der Waals surface area contributed by atoms with Gasteiger partial charge in [0.2, 0.25) is 0 Å². The number of hydrogen-bond acceptors (Lipinski definition) is 0. The van der Waals surface area contributed by atoms with Crippen molar-refractivity contribution in [1.82, 2.24) is 4.57 Å². The second kappa shape index (κ2) is 4.61. The fourth-order valence-electron chi connectivity index (χ4n) is 3.96. The fourth-order valence-corrected chi connectivity index (χ4v) is 3.96. The molecule has 1 nitrogen and oxygen atoms in total. The van der Waals surface area contributed by atoms with Crippen LogP contribution in [0.2, 0.25) is 0 Å². The maximum absolute atomic E-state index is 2.36. The molecule has 5 aromatic rings. The normalized spacial score (nSPS) is 12.0. The van der Waals surface area contributed by atoms with E-state index >= 15 is 0 Å². The van der Waals surface area contributed by atoms with E-state index in [-0.39, 0.29) is 0 Å². The molecule has 0 radical (unpaired) electrons. The number of aromatic nitrogens is 1. The van der Waals surface area contributed by atoms with Gasteiger partial charge in [-0.05, 0) is 70.1 Å². The SMILES string of the molecule is Cc1cc2cc3ccc4c(ccc5ccn(C)c54)c3cc2cc1C. The van der Waals surface area contributed by atoms with Crippen LogP contribution in [0.3, 0.4) is 0 Å². The summed E-state index contributed by atoms with van der Waals surface area (Å²) in [6.45, 7) is 4.38. The van der Waals surface area contributed by atoms with Gasteiger partial charge in [0.15, 0.2) is 0 Å². The van der Waals surface area contributed by atoms with Crippen LogP contribution in [-0.2, 0) is 7.05 Å². The van der Waals surface area contributed by atoms with Crippen molar-refractivity contribution in [2.45, 2.75) is 13.8 Å². The maximum Gasteiger partial charge on any atom is 0.0557 e. The Hall–Kier alpha value is -2.80. The summed E-state index contributed by atoms with van der Waals surface area (Å²) in [7, 11) is 2.12. The quantitative estimate of drug-likeness (QED) is 0.235. The lowest BCUT2D eigenvalue weighted by molar-refractivity contribution is 0.973. The molecule has 24 heavy (non-hydrogen) atoms. The highest BCUT2D eigenvalue weighted by atomic mass is 14.9. The van der Waals surface area contributed by atoms with Crippen LogP contribution in [0.15, 0.2) is 60.8 Å². The average Bonchev–Trinajstić information content (AvgIpc) is 2.96. The summed E-state index contributed by atoms with van der Waals surface area (Å²) in [6.07, 6.45) is 2.14. The molecule has 0 saturated heterocycles. The van der Waals surface area contributed by atoms with Gasteiger partial charge >= 0.3 is 0 Å². The maximum atomic E-state index is 2.36. The number of fused-ring (bicyclic) bond motifs is 6. The van der Waals surface area contributed by atoms with Crippen molar-refractivity contribution in [1.29, 1.82) is 0 Å². The molecule has 0 saturated carbocycles. The lowest BCUT2D eigenvalue weighted by atomic mass is 9.95. The molecular formula is C23H19N. The van der Waals surface area contributed by atoms with Gasteiger partial charge in [-0.2, -0.15) is 0 Å². The van der Waals surface area contributed by atoms with E-state index in [0.717, 1.165) is 0 Å². The predicted molar refractivity (Wildman–Crippen MR) is 105 cm³/mol. The molecule has 0 unspecified atom stereocenters. The zero-order chi connectivity index (χ0) is 16.4. The molecule has 0 aliphatic rings. The molecule has 0 atom stereocenters. The first-order chi connectivity index (χ1) is 11.6. The smallest absolute Gasteiger partial charge is 0.0557 e. The molecular weight excluding hydrogens is 290 g/mol. The molecule has 0 fully saturated rings. The van der Waals surface area contributed by atoms with Crippen LogP contribution in [-0.4, -0.2) is 4.57 Å². The Bertz CT molecular complexity index is 1270. The monoisotopic (exact) mass is 309 g/mol. The van der Waals surface area contributed by atoms with E-state index in [9.17, 15) is 0 Å². The third-order valence-corrected chi connectivity index (χ3v) is 5.42. The second-order valence-corrected chi connectivity index (χ2v) is 6.95. The Morgan fingerprint density at radius 3 is 2.04 bits per heavy atom. The molecule has 0 spiro atoms. The molecule has 1 heteroatoms. The zero-order valence-corrected chi connectivity index (χ0v) is 14.2. The second-order valence-electron chi connectivity index (χ2n) is 6.95. The Morgan fingerprint density at radius 2 is 1.25 bits per heavy atom. The number of rotatable bonds is 0. The highest BCUT2D eigenvalue weighted by Crippen LogP contribution is 2.34. The average molecular weight is 309 g/mol. The molecule has 4 aromatic carbocycles. The van der Waals surface area contributed by atoms with Crippen LogP contribution in [0.1, 0.15) is 11.1 Å². The van der Waals surface area contributed by atoms with Crippen LogP contribution in [0.4, 0.5) is 0 Å². The summed E-state index contributed by atoms with van der Waals surface area (Å²) in [6, 6.07) is 20.5. The Balaban J connectivity index is 1.99. The van der Waals surface area contributed by atoms with E-state index < -0.39 is 0 Å². The fraction of sp³-hybridized carbons (Fsp3) is 0.130. The van der Waals surface area contributed by atoms with Crippen molar-refractivity contribution < 1.29 is 0 Å². The lowest BCUT2D eigenvalue weighted by Gasteiger charge is -2.10. The van der Waals surface area contributed by atoms with Crippen LogP contribution < -0.4 is 0 Å². The van der Waals surface area contributed by atoms with E-state index in [1.54, 1.807) is 0 Å². The van der Waals surface area contributed by atoms with Crippen LogP contribution in [0, 0.1) is 13.8 Å². The summed E-state index contributed by atoms with van der Waals surface area (Å²) >= 11 is 0. The highest BCUT2D eigenvalue weighted by molar-refractivity contribution is 6.18. The van der Waals surface area contributed by atoms with Gasteiger partial charge in [0.25, 0.3) is 0 Å². The first-order valence-electron chi connectivity index (χ1n) is 8.43. The molecule has 0 amide bonds. The summed E-state index contributed by atoms with van der Waals surface area (Å²) in [5.41, 5.74) is 4.02. The molecule has 0 bridgehead atoms. The molecule has 1 aromatic heterocycles. The minimum atomic E-state index is 1.30. The summed E-state index contributed by atoms with van der Waals surface area (Å²) in [4.78, 5) is 0. The van der Waals surface area contributed by atoms with Gasteiger partial charge in [-0.15, -0.1) is 0 Å². The third-order valence-electron chi connectivity index (χ3n) is 5.42. The first kappa shape index (κ1) is 13.6. The third kappa shape index (κ3) is 1.75. The van der Waals surface area contributed by atoms with Crippen LogP contribution >= 0.6 is 0 Å². The van der Waals surface area contributed by atoms with Crippen molar-refractivity contribution in [3.63, 3.8) is 0 Å². The van der Waals surface area contributed by atoms with Gasteiger partial charge in [0.1, 0.15) is 0 Å². The van der Waals surface area contributed by atoms with Crippen molar-refractivity contribution in [3.8, 4) is 0 Å². The summed E-state index contributed by atoms with van der Waals surface area (Å²) in [5, 5.41) is 9.27. The Morgan fingerprint density at radius 1 is 0.583 bits per heavy atom. The van der Waals surface area contributed by atoms with Gasteiger partial charge in [-0.25, -0.2) is 0 Å². The number of aryl methyl sites for hydroxylation is 3. The van der Waals surface area contributed by atoms with Gasteiger partial charge in [0, 0.05) is 24.0 Å². The largest absolute Gasteiger partial charge is 0.350 e. The highest BCUT2D eigenvalue weighted by Gasteiger charge is 2.08. The number of benzene rings is 4. The topological polar surface area (TPSA) is 4.93 Å². The summed E-state index contributed by atoms with van der Waals surface area (Å²) in [5.74, 6) is 0. The Labute approximate surface area is 141 Å². The van der Waals surface area contributed by atoms with Crippen molar-refractivity contribution in [3.05, 3.63) is 71.9 Å². The van der Waals surface area contributed by atoms with Crippen LogP contribution in [0.5, 0.6) is 0 Å². The molecule has 0 aliphatic heterocycles. The molecule has 1 heterocycles. The van der Waals surface area contributed by atoms with Gasteiger partial charge < -0.3 is 4.57 Å². The lowest BCUT2D eigenvalue weighted by Crippen LogP contribution is -1.87. The van der Waals surface area contributed by atoms with E-state index in [1.165, 1.54) is 54.3 Å². The minimum Gasteiger partial charge on any atom is -0.350 e. The van der Waals surface area contributed by atoms with E-state index in [1.807, 2.05) is 0 Å². The molecule has 0 aliphatic carbocycles. The van der Waals surface area contributed by atoms with E-state index in [2.05, 4.69) is 86.3 Å². The van der Waals surface area contributed by atoms with Gasteiger partial charge in [-0.3, -0.25) is 0 Å². The number of hydrogen-bond donors (Lipinski definition) is 0. The van der Waals surface area contributed by atoms with Crippen molar-refractivity contribution >= 4 is 43.2 Å². The minimum absolute atomic E-state index is 1.30. The van der Waals surface area contributed by atoms with Crippen molar-refractivity contribution in [2.75, 3.05) is 0 Å². The standard InChI is InChI=1S/C23H19N/c1-14-10-18-12-17-5-7-21-20(22(17)13-19(18)11-15(14)2)6-4-16-8-9-24(3)23(16)21/h4-13H,1-3H3. The van der Waals surface area contributed by atoms with Gasteiger partial charge in [-0.1, -0.05) is 36.4 Å².